The lowest BCUT2D eigenvalue weighted by Crippen LogP contribution is -1.89. The lowest BCUT2D eigenvalue weighted by atomic mass is 10.0. The molecule has 0 aliphatic heterocycles. The van der Waals surface area contributed by atoms with Crippen LogP contribution in [0.4, 0.5) is 0 Å². The molecule has 0 bridgehead atoms. The van der Waals surface area contributed by atoms with Crippen molar-refractivity contribution in [1.82, 2.24) is 0 Å². The Labute approximate surface area is 116 Å². The zero-order valence-corrected chi connectivity index (χ0v) is 11.4. The van der Waals surface area contributed by atoms with E-state index >= 15 is 0 Å². The Kier molecular flexibility index (Phi) is 4.81. The monoisotopic (exact) mass is 247 g/mol. The van der Waals surface area contributed by atoms with Gasteiger partial charge in [-0.1, -0.05) is 55.5 Å². The fraction of sp³-hybridized carbons (Fsp3) is 0.211. The number of hydrogen-bond acceptors (Lipinski definition) is 0. The van der Waals surface area contributed by atoms with E-state index in [1.165, 1.54) is 18.4 Å². The molecule has 0 nitrogen and oxygen atoms in total. The maximum Gasteiger partial charge on any atom is 0.0281 e. The van der Waals surface area contributed by atoms with E-state index in [9.17, 15) is 0 Å². The van der Waals surface area contributed by atoms with Crippen LogP contribution in [0.15, 0.2) is 48.5 Å². The van der Waals surface area contributed by atoms with Crippen molar-refractivity contribution >= 4 is 0 Å². The summed E-state index contributed by atoms with van der Waals surface area (Å²) in [5.74, 6) is 6.51. The van der Waals surface area contributed by atoms with E-state index in [0.717, 1.165) is 23.1 Å². The van der Waals surface area contributed by atoms with E-state index in [0.29, 0.717) is 0 Å². The predicted molar refractivity (Wildman–Crippen MR) is 81.9 cm³/mol. The molecule has 0 heterocycles. The molecule has 0 aliphatic carbocycles. The van der Waals surface area contributed by atoms with E-state index in [-0.39, 0.29) is 0 Å². The van der Waals surface area contributed by atoms with Crippen LogP contribution in [0.5, 0.6) is 0 Å². The third-order valence-electron chi connectivity index (χ3n) is 3.11. The third-order valence-corrected chi connectivity index (χ3v) is 3.11. The molecule has 0 heteroatoms. The van der Waals surface area contributed by atoms with E-state index in [1.54, 1.807) is 0 Å². The Hall–Kier alpha value is -2.00. The van der Waals surface area contributed by atoms with Gasteiger partial charge in [-0.25, -0.2) is 0 Å². The normalized spacial score (nSPS) is 9.79. The zero-order chi connectivity index (χ0) is 13.5. The van der Waals surface area contributed by atoms with Crippen LogP contribution in [0.3, 0.4) is 0 Å². The Morgan fingerprint density at radius 3 is 2.42 bits per heavy atom. The van der Waals surface area contributed by atoms with Crippen molar-refractivity contribution in [2.75, 3.05) is 0 Å². The molecule has 0 aliphatic rings. The molecule has 19 heavy (non-hydrogen) atoms. The van der Waals surface area contributed by atoms with Gasteiger partial charge >= 0.3 is 0 Å². The highest BCUT2D eigenvalue weighted by Crippen LogP contribution is 2.11. The average Bonchev–Trinajstić information content (AvgIpc) is 2.45. The highest BCUT2D eigenvalue weighted by atomic mass is 14.0. The van der Waals surface area contributed by atoms with Crippen molar-refractivity contribution in [1.29, 1.82) is 0 Å². The number of rotatable bonds is 3. The summed E-state index contributed by atoms with van der Waals surface area (Å²) in [5, 5.41) is 0. The summed E-state index contributed by atoms with van der Waals surface area (Å²) in [6, 6.07) is 16.5. The second-order valence-electron chi connectivity index (χ2n) is 4.71. The van der Waals surface area contributed by atoms with Gasteiger partial charge in [0, 0.05) is 11.1 Å². The molecule has 0 fully saturated rings. The second kappa shape index (κ2) is 6.81. The van der Waals surface area contributed by atoms with Gasteiger partial charge in [0.2, 0.25) is 0 Å². The summed E-state index contributed by atoms with van der Waals surface area (Å²) in [4.78, 5) is 0. The van der Waals surface area contributed by atoms with Gasteiger partial charge in [-0.05, 0) is 49.1 Å². The fourth-order valence-electron chi connectivity index (χ4n) is 1.96. The maximum atomic E-state index is 3.88. The number of unbranched alkanes of at least 4 members (excludes halogenated alkanes) is 1. The van der Waals surface area contributed by atoms with Crippen LogP contribution in [0.1, 0.15) is 42.0 Å². The van der Waals surface area contributed by atoms with E-state index in [2.05, 4.69) is 50.0 Å². The first-order valence-corrected chi connectivity index (χ1v) is 6.81. The molecular formula is C19H19. The minimum atomic E-state index is 1.02. The molecule has 95 valence electrons. The van der Waals surface area contributed by atoms with Gasteiger partial charge in [0.1, 0.15) is 0 Å². The summed E-state index contributed by atoms with van der Waals surface area (Å²) < 4.78 is 0. The van der Waals surface area contributed by atoms with Gasteiger partial charge in [-0.15, -0.1) is 0 Å². The van der Waals surface area contributed by atoms with Crippen LogP contribution in [0.2, 0.25) is 0 Å². The van der Waals surface area contributed by atoms with E-state index in [4.69, 9.17) is 0 Å². The second-order valence-corrected chi connectivity index (χ2v) is 4.71. The zero-order valence-electron chi connectivity index (χ0n) is 11.4. The van der Waals surface area contributed by atoms with Gasteiger partial charge in [-0.2, -0.15) is 0 Å². The molecule has 1 radical (unpaired) electrons. The standard InChI is InChI=1S/C19H19/c1-3-4-7-18-8-5-6-9-19(18)15-14-17-12-10-16(2)11-13-17/h5-6,8-13H,2-4,7H2,1H3. The van der Waals surface area contributed by atoms with Crippen molar-refractivity contribution in [2.45, 2.75) is 26.2 Å². The Bertz CT molecular complexity index is 579. The quantitative estimate of drug-likeness (QED) is 0.695. The van der Waals surface area contributed by atoms with Crippen molar-refractivity contribution in [3.63, 3.8) is 0 Å². The Morgan fingerprint density at radius 2 is 1.68 bits per heavy atom. The minimum absolute atomic E-state index is 1.02. The molecule has 0 unspecified atom stereocenters. The summed E-state index contributed by atoms with van der Waals surface area (Å²) >= 11 is 0. The van der Waals surface area contributed by atoms with Crippen molar-refractivity contribution in [3.8, 4) is 11.8 Å². The highest BCUT2D eigenvalue weighted by molar-refractivity contribution is 5.47. The maximum absolute atomic E-state index is 3.88. The summed E-state index contributed by atoms with van der Waals surface area (Å²) in [5.41, 5.74) is 4.56. The number of benzene rings is 2. The van der Waals surface area contributed by atoms with Crippen molar-refractivity contribution in [2.24, 2.45) is 0 Å². The smallest absolute Gasteiger partial charge is 0.0281 e. The molecule has 0 aromatic heterocycles. The molecule has 0 N–H and O–H groups in total. The Morgan fingerprint density at radius 1 is 0.947 bits per heavy atom. The van der Waals surface area contributed by atoms with Gasteiger partial charge < -0.3 is 0 Å². The van der Waals surface area contributed by atoms with Gasteiger partial charge in [0.05, 0.1) is 0 Å². The summed E-state index contributed by atoms with van der Waals surface area (Å²) in [6.45, 7) is 6.10. The summed E-state index contributed by atoms with van der Waals surface area (Å²) in [7, 11) is 0. The molecule has 2 aromatic rings. The van der Waals surface area contributed by atoms with Crippen LogP contribution < -0.4 is 0 Å². The van der Waals surface area contributed by atoms with Crippen LogP contribution in [-0.4, -0.2) is 0 Å². The molecule has 0 saturated carbocycles. The third kappa shape index (κ3) is 4.00. The van der Waals surface area contributed by atoms with Gasteiger partial charge in [0.15, 0.2) is 0 Å². The molecule has 2 rings (SSSR count). The van der Waals surface area contributed by atoms with Gasteiger partial charge in [0.25, 0.3) is 0 Å². The molecule has 0 amide bonds. The molecular weight excluding hydrogens is 228 g/mol. The first-order chi connectivity index (χ1) is 9.29. The lowest BCUT2D eigenvalue weighted by molar-refractivity contribution is 0.794. The Balaban J connectivity index is 2.21. The number of hydrogen-bond donors (Lipinski definition) is 0. The predicted octanol–water partition coefficient (Wildman–Crippen LogP) is 4.61. The SMILES string of the molecule is [CH2]c1ccc(C#Cc2ccccc2CCCC)cc1. The molecule has 2 aromatic carbocycles. The first kappa shape index (κ1) is 13.4. The van der Waals surface area contributed by atoms with Crippen LogP contribution in [0, 0.1) is 18.8 Å². The van der Waals surface area contributed by atoms with Gasteiger partial charge in [-0.3, -0.25) is 0 Å². The average molecular weight is 247 g/mol. The lowest BCUT2D eigenvalue weighted by Gasteiger charge is -2.02. The topological polar surface area (TPSA) is 0 Å². The largest absolute Gasteiger partial charge is 0.0654 e. The molecule has 0 saturated heterocycles. The van der Waals surface area contributed by atoms with Crippen LogP contribution in [0.25, 0.3) is 0 Å². The van der Waals surface area contributed by atoms with E-state index in [1.807, 2.05) is 24.3 Å². The van der Waals surface area contributed by atoms with E-state index < -0.39 is 0 Å². The molecule has 0 atom stereocenters. The van der Waals surface area contributed by atoms with Crippen LogP contribution in [-0.2, 0) is 6.42 Å². The molecule has 0 spiro atoms. The summed E-state index contributed by atoms with van der Waals surface area (Å²) in [6.07, 6.45) is 3.54. The van der Waals surface area contributed by atoms with Crippen molar-refractivity contribution in [3.05, 3.63) is 77.7 Å². The first-order valence-electron chi connectivity index (χ1n) is 6.81. The minimum Gasteiger partial charge on any atom is -0.0654 e. The number of aryl methyl sites for hydroxylation is 1. The van der Waals surface area contributed by atoms with Crippen LogP contribution >= 0.6 is 0 Å². The fourth-order valence-corrected chi connectivity index (χ4v) is 1.96. The van der Waals surface area contributed by atoms with Crippen molar-refractivity contribution < 1.29 is 0 Å². The highest BCUT2D eigenvalue weighted by Gasteiger charge is 1.97.